The molecule has 168 valence electrons. The first kappa shape index (κ1) is 25.1. The number of nitrogens with zero attached hydrogens (tertiary/aromatic N) is 1. The van der Waals surface area contributed by atoms with Gasteiger partial charge in [-0.2, -0.15) is 0 Å². The summed E-state index contributed by atoms with van der Waals surface area (Å²) in [6.45, 7) is 6.78. The lowest BCUT2D eigenvalue weighted by Gasteiger charge is -2.29. The second kappa shape index (κ2) is 12.6. The topological polar surface area (TPSA) is 58.6 Å². The van der Waals surface area contributed by atoms with Gasteiger partial charge in [-0.1, -0.05) is 55.8 Å². The molecule has 0 aliphatic heterocycles. The Kier molecular flexibility index (Phi) is 10.2. The molecule has 2 amide bonds. The third-order valence-electron chi connectivity index (χ3n) is 4.80. The first-order valence-electron chi connectivity index (χ1n) is 10.3. The molecular formula is C24H31ClN2O3S. The van der Waals surface area contributed by atoms with E-state index in [4.69, 9.17) is 16.3 Å². The lowest BCUT2D eigenvalue weighted by atomic mass is 10.1. The summed E-state index contributed by atoms with van der Waals surface area (Å²) >= 11 is 7.71. The van der Waals surface area contributed by atoms with Crippen LogP contribution in [0.5, 0.6) is 5.75 Å². The molecule has 0 saturated carbocycles. The Labute approximate surface area is 194 Å². The van der Waals surface area contributed by atoms with Gasteiger partial charge in [0.15, 0.2) is 0 Å². The first-order chi connectivity index (χ1) is 14.8. The summed E-state index contributed by atoms with van der Waals surface area (Å²) in [6.07, 6.45) is 0. The van der Waals surface area contributed by atoms with Crippen molar-refractivity contribution in [3.8, 4) is 5.75 Å². The summed E-state index contributed by atoms with van der Waals surface area (Å²) in [4.78, 5) is 27.4. The lowest BCUT2D eigenvalue weighted by molar-refractivity contribution is -0.138. The van der Waals surface area contributed by atoms with E-state index in [1.165, 1.54) is 11.8 Å². The van der Waals surface area contributed by atoms with Gasteiger partial charge in [-0.25, -0.2) is 0 Å². The molecule has 1 N–H and O–H groups in total. The van der Waals surface area contributed by atoms with Crippen molar-refractivity contribution in [2.75, 3.05) is 19.4 Å². The maximum Gasteiger partial charge on any atom is 0.242 e. The number of hydrogen-bond acceptors (Lipinski definition) is 4. The van der Waals surface area contributed by atoms with Crippen molar-refractivity contribution in [3.63, 3.8) is 0 Å². The maximum absolute atomic E-state index is 13.1. The summed E-state index contributed by atoms with van der Waals surface area (Å²) in [6, 6.07) is 14.6. The first-order valence-corrected chi connectivity index (χ1v) is 11.9. The van der Waals surface area contributed by atoms with Crippen molar-refractivity contribution in [2.24, 2.45) is 5.92 Å². The van der Waals surface area contributed by atoms with E-state index in [0.717, 1.165) is 16.9 Å². The van der Waals surface area contributed by atoms with Crippen molar-refractivity contribution < 1.29 is 14.3 Å². The number of benzene rings is 2. The van der Waals surface area contributed by atoms with Crippen LogP contribution in [0.2, 0.25) is 5.02 Å². The number of amides is 2. The zero-order chi connectivity index (χ0) is 22.8. The molecule has 5 nitrogen and oxygen atoms in total. The Morgan fingerprint density at radius 1 is 1.10 bits per heavy atom. The lowest BCUT2D eigenvalue weighted by Crippen LogP contribution is -2.48. The van der Waals surface area contributed by atoms with Crippen LogP contribution in [0.4, 0.5) is 0 Å². The summed E-state index contributed by atoms with van der Waals surface area (Å²) in [5.41, 5.74) is 1.93. The average Bonchev–Trinajstić information content (AvgIpc) is 2.76. The largest absolute Gasteiger partial charge is 0.497 e. The van der Waals surface area contributed by atoms with Gasteiger partial charge < -0.3 is 15.0 Å². The van der Waals surface area contributed by atoms with Gasteiger partial charge in [0.05, 0.1) is 12.9 Å². The van der Waals surface area contributed by atoms with Crippen molar-refractivity contribution in [3.05, 3.63) is 64.7 Å². The number of halogens is 1. The molecule has 7 heteroatoms. The maximum atomic E-state index is 13.1. The number of methoxy groups -OCH3 is 1. The second-order valence-electron chi connectivity index (χ2n) is 7.77. The molecule has 0 aromatic heterocycles. The Bertz CT molecular complexity index is 858. The number of nitrogens with one attached hydrogen (secondary N) is 1. The molecule has 1 atom stereocenters. The van der Waals surface area contributed by atoms with Crippen LogP contribution < -0.4 is 10.1 Å². The highest BCUT2D eigenvalue weighted by atomic mass is 35.5. The molecule has 0 saturated heterocycles. The van der Waals surface area contributed by atoms with Crippen LogP contribution >= 0.6 is 23.4 Å². The smallest absolute Gasteiger partial charge is 0.242 e. The van der Waals surface area contributed by atoms with Gasteiger partial charge in [0.1, 0.15) is 11.8 Å². The van der Waals surface area contributed by atoms with Gasteiger partial charge in [0, 0.05) is 23.9 Å². The summed E-state index contributed by atoms with van der Waals surface area (Å²) in [7, 11) is 1.61. The van der Waals surface area contributed by atoms with Crippen LogP contribution in [-0.4, -0.2) is 42.2 Å². The van der Waals surface area contributed by atoms with Gasteiger partial charge in [-0.3, -0.25) is 9.59 Å². The third-order valence-corrected chi connectivity index (χ3v) is 6.14. The number of thioether (sulfide) groups is 1. The highest BCUT2D eigenvalue weighted by Crippen LogP contribution is 2.22. The number of carbonyl (C=O) groups excluding carboxylic acids is 2. The minimum absolute atomic E-state index is 0.0833. The Hall–Kier alpha value is -2.18. The number of rotatable bonds is 11. The van der Waals surface area contributed by atoms with Crippen LogP contribution in [0.3, 0.4) is 0 Å². The minimum Gasteiger partial charge on any atom is -0.497 e. The second-order valence-corrected chi connectivity index (χ2v) is 9.16. The van der Waals surface area contributed by atoms with Crippen LogP contribution in [0.1, 0.15) is 31.9 Å². The predicted molar refractivity (Wildman–Crippen MR) is 128 cm³/mol. The van der Waals surface area contributed by atoms with E-state index < -0.39 is 6.04 Å². The number of carbonyl (C=O) groups is 2. The standard InChI is InChI=1S/C24H31ClN2O3S/c1-17(2)13-26-24(29)18(3)27(14-19-9-11-21(30-4)12-10-19)23(28)16-31-15-20-7-5-6-8-22(20)25/h5-12,17-18H,13-16H2,1-4H3,(H,26,29)/t18-/m0/s1. The van der Waals surface area contributed by atoms with Crippen LogP contribution in [0.15, 0.2) is 48.5 Å². The molecule has 0 heterocycles. The molecule has 31 heavy (non-hydrogen) atoms. The Morgan fingerprint density at radius 3 is 2.39 bits per heavy atom. The quantitative estimate of drug-likeness (QED) is 0.522. The Balaban J connectivity index is 2.07. The summed E-state index contributed by atoms with van der Waals surface area (Å²) in [5.74, 6) is 1.76. The molecule has 0 aliphatic rings. The molecule has 0 unspecified atom stereocenters. The number of ether oxygens (including phenoxy) is 1. The monoisotopic (exact) mass is 462 g/mol. The molecule has 0 spiro atoms. The fourth-order valence-electron chi connectivity index (χ4n) is 2.91. The SMILES string of the molecule is COc1ccc(CN(C(=O)CSCc2ccccc2Cl)[C@@H](C)C(=O)NCC(C)C)cc1. The fraction of sp³-hybridized carbons (Fsp3) is 0.417. The Morgan fingerprint density at radius 2 is 1.77 bits per heavy atom. The van der Waals surface area contributed by atoms with Crippen molar-refractivity contribution in [1.82, 2.24) is 10.2 Å². The highest BCUT2D eigenvalue weighted by Gasteiger charge is 2.26. The summed E-state index contributed by atoms with van der Waals surface area (Å²) in [5, 5.41) is 3.63. The molecular weight excluding hydrogens is 432 g/mol. The van der Waals surface area contributed by atoms with E-state index in [2.05, 4.69) is 5.32 Å². The van der Waals surface area contributed by atoms with E-state index in [-0.39, 0.29) is 17.6 Å². The van der Waals surface area contributed by atoms with E-state index in [1.807, 2.05) is 62.4 Å². The molecule has 0 aliphatic carbocycles. The predicted octanol–water partition coefficient (Wildman–Crippen LogP) is 4.77. The fourth-order valence-corrected chi connectivity index (χ4v) is 4.11. The molecule has 2 aromatic rings. The summed E-state index contributed by atoms with van der Waals surface area (Å²) < 4.78 is 5.21. The molecule has 2 rings (SSSR count). The van der Waals surface area contributed by atoms with Crippen molar-refractivity contribution in [1.29, 1.82) is 0 Å². The normalized spacial score (nSPS) is 11.8. The molecule has 0 radical (unpaired) electrons. The van der Waals surface area contributed by atoms with Crippen molar-refractivity contribution in [2.45, 2.75) is 39.1 Å². The van der Waals surface area contributed by atoms with Crippen LogP contribution in [0.25, 0.3) is 0 Å². The molecule has 0 bridgehead atoms. The molecule has 2 aromatic carbocycles. The van der Waals surface area contributed by atoms with Gasteiger partial charge in [0.2, 0.25) is 11.8 Å². The van der Waals surface area contributed by atoms with Gasteiger partial charge in [-0.05, 0) is 42.2 Å². The minimum atomic E-state index is -0.575. The average molecular weight is 463 g/mol. The van der Waals surface area contributed by atoms with Crippen LogP contribution in [0, 0.1) is 5.92 Å². The van der Waals surface area contributed by atoms with Gasteiger partial charge in [0.25, 0.3) is 0 Å². The van der Waals surface area contributed by atoms with E-state index >= 15 is 0 Å². The van der Waals surface area contributed by atoms with E-state index in [1.54, 1.807) is 18.9 Å². The molecule has 0 fully saturated rings. The van der Waals surface area contributed by atoms with Crippen molar-refractivity contribution >= 4 is 35.2 Å². The third kappa shape index (κ3) is 8.11. The van der Waals surface area contributed by atoms with Gasteiger partial charge in [-0.15, -0.1) is 11.8 Å². The number of hydrogen-bond donors (Lipinski definition) is 1. The highest BCUT2D eigenvalue weighted by molar-refractivity contribution is 7.99. The van der Waals surface area contributed by atoms with Crippen LogP contribution in [-0.2, 0) is 21.9 Å². The van der Waals surface area contributed by atoms with Gasteiger partial charge >= 0.3 is 0 Å². The van der Waals surface area contributed by atoms with E-state index in [0.29, 0.717) is 29.8 Å². The van der Waals surface area contributed by atoms with E-state index in [9.17, 15) is 9.59 Å². The zero-order valence-electron chi connectivity index (χ0n) is 18.6. The zero-order valence-corrected chi connectivity index (χ0v) is 20.1.